The van der Waals surface area contributed by atoms with Crippen LogP contribution in [0.5, 0.6) is 5.75 Å². The fraction of sp³-hybridized carbons (Fsp3) is 0.412. The molecule has 1 aromatic carbocycles. The number of hydrogen-bond donors (Lipinski definition) is 2. The number of amides is 1. The van der Waals surface area contributed by atoms with Gasteiger partial charge in [-0.3, -0.25) is 4.79 Å². The Hall–Kier alpha value is -2.30. The molecule has 2 aromatic rings. The molecule has 0 saturated heterocycles. The molecule has 0 radical (unpaired) electrons. The first-order valence-electron chi connectivity index (χ1n) is 7.62. The largest absolute Gasteiger partial charge is 0.508 e. The van der Waals surface area contributed by atoms with Crippen molar-refractivity contribution in [2.75, 3.05) is 0 Å². The van der Waals surface area contributed by atoms with Gasteiger partial charge in [-0.25, -0.2) is 4.79 Å². The third-order valence-electron chi connectivity index (χ3n) is 4.39. The van der Waals surface area contributed by atoms with E-state index in [1.807, 2.05) is 0 Å². The number of fused-ring (bicyclic) bond motifs is 1. The monoisotopic (exact) mass is 301 g/mol. The summed E-state index contributed by atoms with van der Waals surface area (Å²) in [6, 6.07) is 6.10. The van der Waals surface area contributed by atoms with Crippen LogP contribution in [-0.2, 0) is 0 Å². The third kappa shape index (κ3) is 2.84. The lowest BCUT2D eigenvalue weighted by Crippen LogP contribution is -2.42. The summed E-state index contributed by atoms with van der Waals surface area (Å²) < 4.78 is 5.13. The molecular formula is C17H19NO4. The van der Waals surface area contributed by atoms with Crippen LogP contribution in [0.1, 0.15) is 43.0 Å². The maximum atomic E-state index is 12.4. The summed E-state index contributed by atoms with van der Waals surface area (Å²) in [7, 11) is 0. The van der Waals surface area contributed by atoms with Gasteiger partial charge in [0.25, 0.3) is 5.91 Å². The summed E-state index contributed by atoms with van der Waals surface area (Å²) in [5.74, 6) is 0.0495. The number of carbonyl (C=O) groups excluding carboxylic acids is 1. The zero-order valence-corrected chi connectivity index (χ0v) is 12.5. The van der Waals surface area contributed by atoms with E-state index >= 15 is 0 Å². The number of nitrogens with one attached hydrogen (secondary N) is 1. The van der Waals surface area contributed by atoms with E-state index < -0.39 is 5.63 Å². The van der Waals surface area contributed by atoms with Crippen LogP contribution in [0.4, 0.5) is 0 Å². The molecule has 1 amide bonds. The summed E-state index contributed by atoms with van der Waals surface area (Å²) in [5, 5.41) is 13.0. The molecule has 3 rings (SSSR count). The predicted molar refractivity (Wildman–Crippen MR) is 83.0 cm³/mol. The van der Waals surface area contributed by atoms with Crippen LogP contribution in [0.25, 0.3) is 11.0 Å². The molecule has 1 aromatic heterocycles. The van der Waals surface area contributed by atoms with Crippen molar-refractivity contribution in [3.63, 3.8) is 0 Å². The highest BCUT2D eigenvalue weighted by molar-refractivity contribution is 5.96. The molecule has 5 heteroatoms. The second-order valence-corrected chi connectivity index (χ2v) is 6.01. The van der Waals surface area contributed by atoms with Gasteiger partial charge in [-0.1, -0.05) is 19.8 Å². The summed E-state index contributed by atoms with van der Waals surface area (Å²) in [6.45, 7) is 2.12. The lowest BCUT2D eigenvalue weighted by molar-refractivity contribution is 0.0906. The molecule has 22 heavy (non-hydrogen) atoms. The minimum atomic E-state index is -0.681. The molecule has 1 aliphatic rings. The third-order valence-corrected chi connectivity index (χ3v) is 4.39. The molecule has 1 fully saturated rings. The van der Waals surface area contributed by atoms with Crippen LogP contribution in [0.2, 0.25) is 0 Å². The Kier molecular flexibility index (Phi) is 3.88. The number of hydrogen-bond acceptors (Lipinski definition) is 4. The van der Waals surface area contributed by atoms with Gasteiger partial charge < -0.3 is 14.8 Å². The van der Waals surface area contributed by atoms with Crippen molar-refractivity contribution in [1.82, 2.24) is 5.32 Å². The number of phenols is 1. The lowest BCUT2D eigenvalue weighted by atomic mass is 9.86. The Morgan fingerprint density at radius 2 is 2.05 bits per heavy atom. The fourth-order valence-electron chi connectivity index (χ4n) is 3.04. The fourth-order valence-corrected chi connectivity index (χ4v) is 3.04. The molecule has 116 valence electrons. The van der Waals surface area contributed by atoms with Gasteiger partial charge >= 0.3 is 5.63 Å². The van der Waals surface area contributed by atoms with Crippen molar-refractivity contribution in [2.24, 2.45) is 5.92 Å². The van der Waals surface area contributed by atoms with E-state index in [9.17, 15) is 14.7 Å². The number of phenolic OH excluding ortho intramolecular Hbond substituents is 1. The molecule has 2 atom stereocenters. The van der Waals surface area contributed by atoms with Gasteiger partial charge in [-0.2, -0.15) is 0 Å². The minimum Gasteiger partial charge on any atom is -0.508 e. The first-order valence-corrected chi connectivity index (χ1v) is 7.62. The number of benzene rings is 1. The van der Waals surface area contributed by atoms with E-state index in [-0.39, 0.29) is 28.8 Å². The van der Waals surface area contributed by atoms with Gasteiger partial charge in [0.15, 0.2) is 0 Å². The van der Waals surface area contributed by atoms with Gasteiger partial charge in [0.2, 0.25) is 0 Å². The summed E-state index contributed by atoms with van der Waals surface area (Å²) in [4.78, 5) is 24.4. The second kappa shape index (κ2) is 5.83. The summed E-state index contributed by atoms with van der Waals surface area (Å²) in [5.41, 5.74) is -0.400. The Morgan fingerprint density at radius 1 is 1.27 bits per heavy atom. The first kappa shape index (κ1) is 14.6. The molecular weight excluding hydrogens is 282 g/mol. The van der Waals surface area contributed by atoms with Gasteiger partial charge in [0.05, 0.1) is 0 Å². The van der Waals surface area contributed by atoms with Gasteiger partial charge in [0.1, 0.15) is 16.9 Å². The van der Waals surface area contributed by atoms with E-state index in [0.29, 0.717) is 11.3 Å². The Labute approximate surface area is 127 Å². The highest BCUT2D eigenvalue weighted by Gasteiger charge is 2.24. The average molecular weight is 301 g/mol. The van der Waals surface area contributed by atoms with Crippen LogP contribution in [0.15, 0.2) is 33.5 Å². The van der Waals surface area contributed by atoms with Crippen molar-refractivity contribution in [3.05, 3.63) is 40.2 Å². The highest BCUT2D eigenvalue weighted by atomic mass is 16.4. The second-order valence-electron chi connectivity index (χ2n) is 6.01. The molecule has 1 saturated carbocycles. The summed E-state index contributed by atoms with van der Waals surface area (Å²) in [6.07, 6.45) is 4.33. The Bertz CT molecular complexity index is 765. The van der Waals surface area contributed by atoms with E-state index in [1.165, 1.54) is 24.6 Å². The maximum absolute atomic E-state index is 12.4. The van der Waals surface area contributed by atoms with Crippen molar-refractivity contribution in [1.29, 1.82) is 0 Å². The van der Waals surface area contributed by atoms with Crippen LogP contribution >= 0.6 is 0 Å². The van der Waals surface area contributed by atoms with E-state index in [4.69, 9.17) is 4.42 Å². The molecule has 0 spiro atoms. The number of carbonyl (C=O) groups is 1. The minimum absolute atomic E-state index is 0.0102. The van der Waals surface area contributed by atoms with Gasteiger partial charge in [0, 0.05) is 17.5 Å². The van der Waals surface area contributed by atoms with Crippen molar-refractivity contribution >= 4 is 16.9 Å². The SMILES string of the molecule is C[C@@H]1CCCC[C@@H]1NC(=O)c1cc2ccc(O)cc2oc1=O. The van der Waals surface area contributed by atoms with Crippen LogP contribution < -0.4 is 10.9 Å². The molecule has 0 unspecified atom stereocenters. The highest BCUT2D eigenvalue weighted by Crippen LogP contribution is 2.24. The van der Waals surface area contributed by atoms with Crippen molar-refractivity contribution in [2.45, 2.75) is 38.6 Å². The van der Waals surface area contributed by atoms with Gasteiger partial charge in [-0.05, 0) is 37.0 Å². The van der Waals surface area contributed by atoms with Crippen LogP contribution in [-0.4, -0.2) is 17.1 Å². The molecule has 0 bridgehead atoms. The van der Waals surface area contributed by atoms with E-state index in [2.05, 4.69) is 12.2 Å². The van der Waals surface area contributed by atoms with Crippen molar-refractivity contribution < 1.29 is 14.3 Å². The summed E-state index contributed by atoms with van der Waals surface area (Å²) >= 11 is 0. The van der Waals surface area contributed by atoms with E-state index in [1.54, 1.807) is 6.07 Å². The Morgan fingerprint density at radius 3 is 2.82 bits per heavy atom. The van der Waals surface area contributed by atoms with Gasteiger partial charge in [-0.15, -0.1) is 0 Å². The lowest BCUT2D eigenvalue weighted by Gasteiger charge is -2.29. The molecule has 5 nitrogen and oxygen atoms in total. The Balaban J connectivity index is 1.88. The molecule has 2 N–H and O–H groups in total. The molecule has 0 aliphatic heterocycles. The van der Waals surface area contributed by atoms with Crippen LogP contribution in [0.3, 0.4) is 0 Å². The standard InChI is InChI=1S/C17H19NO4/c1-10-4-2-3-5-14(10)18-16(20)13-8-11-6-7-12(19)9-15(11)22-17(13)21/h6-10,14,19H,2-5H2,1H3,(H,18,20)/t10-,14+/m1/s1. The number of aromatic hydroxyl groups is 1. The van der Waals surface area contributed by atoms with E-state index in [0.717, 1.165) is 19.3 Å². The predicted octanol–water partition coefficient (Wildman–Crippen LogP) is 2.81. The zero-order chi connectivity index (χ0) is 15.7. The van der Waals surface area contributed by atoms with Crippen molar-refractivity contribution in [3.8, 4) is 5.75 Å². The average Bonchev–Trinajstić information content (AvgIpc) is 2.48. The quantitative estimate of drug-likeness (QED) is 0.836. The zero-order valence-electron chi connectivity index (χ0n) is 12.5. The first-order chi connectivity index (χ1) is 10.5. The molecule has 1 aliphatic carbocycles. The topological polar surface area (TPSA) is 79.5 Å². The van der Waals surface area contributed by atoms with Crippen LogP contribution in [0, 0.1) is 5.92 Å². The smallest absolute Gasteiger partial charge is 0.349 e. The maximum Gasteiger partial charge on any atom is 0.349 e. The number of rotatable bonds is 2. The normalized spacial score (nSPS) is 21.7. The molecule has 1 heterocycles.